The second-order valence-corrected chi connectivity index (χ2v) is 4.05. The molecular formula is C13H10FN5O. The molecule has 0 aliphatic heterocycles. The minimum absolute atomic E-state index is 0.136. The van der Waals surface area contributed by atoms with E-state index in [2.05, 4.69) is 15.0 Å². The fourth-order valence-corrected chi connectivity index (χ4v) is 1.85. The third-order valence-corrected chi connectivity index (χ3v) is 2.78. The first-order valence-electron chi connectivity index (χ1n) is 5.72. The van der Waals surface area contributed by atoms with E-state index in [9.17, 15) is 4.39 Å². The van der Waals surface area contributed by atoms with Gasteiger partial charge in [0.1, 0.15) is 23.6 Å². The number of aromatic nitrogens is 3. The summed E-state index contributed by atoms with van der Waals surface area (Å²) in [5.74, 6) is -0.120. The normalized spacial score (nSPS) is 10.7. The van der Waals surface area contributed by atoms with Crippen LogP contribution in [0.3, 0.4) is 0 Å². The highest BCUT2D eigenvalue weighted by atomic mass is 19.1. The summed E-state index contributed by atoms with van der Waals surface area (Å²) in [5, 5.41) is 0. The second kappa shape index (κ2) is 4.61. The predicted molar refractivity (Wildman–Crippen MR) is 71.7 cm³/mol. The molecule has 0 radical (unpaired) electrons. The van der Waals surface area contributed by atoms with E-state index in [1.54, 1.807) is 6.07 Å². The summed E-state index contributed by atoms with van der Waals surface area (Å²) in [5.41, 5.74) is 12.8. The van der Waals surface area contributed by atoms with Crippen molar-refractivity contribution in [3.05, 3.63) is 42.8 Å². The number of nitrogens with zero attached hydrogens (tertiary/aromatic N) is 3. The van der Waals surface area contributed by atoms with E-state index in [0.29, 0.717) is 16.8 Å². The molecule has 4 N–H and O–H groups in total. The average Bonchev–Trinajstić information content (AvgIpc) is 2.96. The van der Waals surface area contributed by atoms with Crippen molar-refractivity contribution >= 4 is 11.5 Å². The number of nitrogen functional groups attached to an aromatic ring is 2. The summed E-state index contributed by atoms with van der Waals surface area (Å²) < 4.78 is 19.1. The molecule has 0 saturated heterocycles. The number of nitrogens with two attached hydrogens (primary N) is 2. The highest BCUT2D eigenvalue weighted by Crippen LogP contribution is 2.34. The molecule has 0 bridgehead atoms. The van der Waals surface area contributed by atoms with Gasteiger partial charge in [0.15, 0.2) is 0 Å². The van der Waals surface area contributed by atoms with Crippen molar-refractivity contribution in [1.29, 1.82) is 0 Å². The predicted octanol–water partition coefficient (Wildman–Crippen LogP) is 2.10. The minimum Gasteiger partial charge on any atom is -0.443 e. The largest absolute Gasteiger partial charge is 0.443 e. The van der Waals surface area contributed by atoms with Gasteiger partial charge in [0.2, 0.25) is 5.89 Å². The Morgan fingerprint density at radius 3 is 2.70 bits per heavy atom. The molecule has 6 nitrogen and oxygen atoms in total. The molecule has 0 aliphatic carbocycles. The Morgan fingerprint density at radius 1 is 1.15 bits per heavy atom. The van der Waals surface area contributed by atoms with Gasteiger partial charge in [-0.3, -0.25) is 4.98 Å². The summed E-state index contributed by atoms with van der Waals surface area (Å²) in [6.45, 7) is 0. The summed E-state index contributed by atoms with van der Waals surface area (Å²) in [6, 6.07) is 3.06. The molecule has 3 aromatic rings. The lowest BCUT2D eigenvalue weighted by molar-refractivity contribution is 0.572. The molecule has 0 atom stereocenters. The monoisotopic (exact) mass is 271 g/mol. The van der Waals surface area contributed by atoms with E-state index in [1.807, 2.05) is 0 Å². The van der Waals surface area contributed by atoms with Crippen molar-refractivity contribution in [1.82, 2.24) is 15.0 Å². The lowest BCUT2D eigenvalue weighted by Crippen LogP contribution is -2.02. The van der Waals surface area contributed by atoms with Crippen LogP contribution in [0.4, 0.5) is 15.9 Å². The van der Waals surface area contributed by atoms with Crippen LogP contribution in [0.2, 0.25) is 0 Å². The van der Waals surface area contributed by atoms with Crippen molar-refractivity contribution in [2.75, 3.05) is 11.5 Å². The number of pyridine rings is 2. The minimum atomic E-state index is -0.494. The second-order valence-electron chi connectivity index (χ2n) is 4.05. The third-order valence-electron chi connectivity index (χ3n) is 2.78. The fraction of sp³-hybridized carbons (Fsp3) is 0. The molecule has 0 aliphatic rings. The quantitative estimate of drug-likeness (QED) is 0.739. The number of halogens is 1. The van der Waals surface area contributed by atoms with E-state index in [-0.39, 0.29) is 17.4 Å². The van der Waals surface area contributed by atoms with Gasteiger partial charge in [-0.1, -0.05) is 0 Å². The molecule has 20 heavy (non-hydrogen) atoms. The van der Waals surface area contributed by atoms with Gasteiger partial charge in [-0.05, 0) is 12.1 Å². The molecule has 3 aromatic heterocycles. The molecule has 0 saturated carbocycles. The Balaban J connectivity index is 2.30. The Hall–Kier alpha value is -2.96. The van der Waals surface area contributed by atoms with Gasteiger partial charge in [0.05, 0.1) is 18.1 Å². The molecule has 100 valence electrons. The lowest BCUT2D eigenvalue weighted by Gasteiger charge is -2.10. The number of anilines is 2. The Morgan fingerprint density at radius 2 is 2.00 bits per heavy atom. The van der Waals surface area contributed by atoms with Crippen LogP contribution in [0.15, 0.2) is 41.4 Å². The van der Waals surface area contributed by atoms with E-state index >= 15 is 0 Å². The Labute approximate surface area is 113 Å². The maximum absolute atomic E-state index is 13.9. The van der Waals surface area contributed by atoms with Gasteiger partial charge >= 0.3 is 0 Å². The summed E-state index contributed by atoms with van der Waals surface area (Å²) in [6.07, 6.45) is 5.46. The zero-order valence-electron chi connectivity index (χ0n) is 10.2. The van der Waals surface area contributed by atoms with E-state index in [1.165, 1.54) is 24.7 Å². The molecule has 0 fully saturated rings. The average molecular weight is 271 g/mol. The zero-order chi connectivity index (χ0) is 14.1. The summed E-state index contributed by atoms with van der Waals surface area (Å²) >= 11 is 0. The van der Waals surface area contributed by atoms with Gasteiger partial charge < -0.3 is 15.9 Å². The summed E-state index contributed by atoms with van der Waals surface area (Å²) in [7, 11) is 0. The van der Waals surface area contributed by atoms with E-state index < -0.39 is 5.82 Å². The van der Waals surface area contributed by atoms with Crippen molar-refractivity contribution in [2.24, 2.45) is 0 Å². The Kier molecular flexibility index (Phi) is 2.79. The van der Waals surface area contributed by atoms with Gasteiger partial charge in [-0.2, -0.15) is 0 Å². The van der Waals surface area contributed by atoms with Crippen LogP contribution >= 0.6 is 0 Å². The van der Waals surface area contributed by atoms with Gasteiger partial charge in [-0.15, -0.1) is 0 Å². The standard InChI is InChI=1S/C13H10FN5O/c14-9-6-17-2-1-7(9)8-5-10(15)12(16)19-11(8)13-18-3-4-20-13/h1-6H,15H2,(H2,16,19). The topological polar surface area (TPSA) is 104 Å². The maximum Gasteiger partial charge on any atom is 0.245 e. The molecule has 3 rings (SSSR count). The third kappa shape index (κ3) is 1.95. The number of hydrogen-bond donors (Lipinski definition) is 2. The molecule has 3 heterocycles. The van der Waals surface area contributed by atoms with Gasteiger partial charge in [0, 0.05) is 17.3 Å². The van der Waals surface area contributed by atoms with Crippen LogP contribution in [0.1, 0.15) is 0 Å². The molecule has 0 amide bonds. The first kappa shape index (κ1) is 12.1. The van der Waals surface area contributed by atoms with E-state index in [0.717, 1.165) is 6.20 Å². The first-order chi connectivity index (χ1) is 9.66. The highest BCUT2D eigenvalue weighted by Gasteiger charge is 2.17. The van der Waals surface area contributed by atoms with Crippen molar-refractivity contribution < 1.29 is 8.81 Å². The number of oxazole rings is 1. The molecule has 7 heteroatoms. The van der Waals surface area contributed by atoms with Crippen molar-refractivity contribution in [2.45, 2.75) is 0 Å². The smallest absolute Gasteiger partial charge is 0.245 e. The number of rotatable bonds is 2. The first-order valence-corrected chi connectivity index (χ1v) is 5.72. The van der Waals surface area contributed by atoms with Crippen LogP contribution in [0, 0.1) is 5.82 Å². The number of hydrogen-bond acceptors (Lipinski definition) is 6. The van der Waals surface area contributed by atoms with Crippen LogP contribution in [-0.2, 0) is 0 Å². The van der Waals surface area contributed by atoms with Crippen molar-refractivity contribution in [3.8, 4) is 22.7 Å². The maximum atomic E-state index is 13.9. The van der Waals surface area contributed by atoms with Crippen molar-refractivity contribution in [3.63, 3.8) is 0 Å². The molecule has 0 unspecified atom stereocenters. The fourth-order valence-electron chi connectivity index (χ4n) is 1.85. The highest BCUT2D eigenvalue weighted by molar-refractivity contribution is 5.83. The Bertz CT molecular complexity index is 757. The van der Waals surface area contributed by atoms with Crippen LogP contribution in [0.5, 0.6) is 0 Å². The zero-order valence-corrected chi connectivity index (χ0v) is 10.2. The summed E-state index contributed by atoms with van der Waals surface area (Å²) in [4.78, 5) is 11.9. The van der Waals surface area contributed by atoms with Crippen LogP contribution < -0.4 is 11.5 Å². The van der Waals surface area contributed by atoms with E-state index in [4.69, 9.17) is 15.9 Å². The van der Waals surface area contributed by atoms with Crippen LogP contribution in [0.25, 0.3) is 22.7 Å². The van der Waals surface area contributed by atoms with Crippen LogP contribution in [-0.4, -0.2) is 15.0 Å². The molecule has 0 aromatic carbocycles. The lowest BCUT2D eigenvalue weighted by atomic mass is 10.0. The van der Waals surface area contributed by atoms with Gasteiger partial charge in [0.25, 0.3) is 0 Å². The van der Waals surface area contributed by atoms with Gasteiger partial charge in [-0.25, -0.2) is 14.4 Å². The molecular weight excluding hydrogens is 261 g/mol. The molecule has 0 spiro atoms. The SMILES string of the molecule is Nc1cc(-c2ccncc2F)c(-c2ncco2)nc1N.